The highest BCUT2D eigenvalue weighted by Gasteiger charge is 2.11. The molecule has 2 N–H and O–H groups in total. The van der Waals surface area contributed by atoms with Crippen molar-refractivity contribution in [3.05, 3.63) is 53.1 Å². The molecular formula is C19H20O5. The summed E-state index contributed by atoms with van der Waals surface area (Å²) in [5.41, 5.74) is 1.92. The zero-order valence-corrected chi connectivity index (χ0v) is 13.7. The minimum absolute atomic E-state index is 0.0124. The second-order valence-corrected chi connectivity index (χ2v) is 4.99. The number of phenolic OH excluding ortho intramolecular Hbond substituents is 1. The van der Waals surface area contributed by atoms with E-state index in [1.54, 1.807) is 36.4 Å². The number of hydrogen-bond donors (Lipinski definition) is 2. The van der Waals surface area contributed by atoms with Crippen LogP contribution >= 0.6 is 0 Å². The van der Waals surface area contributed by atoms with Gasteiger partial charge in [-0.15, -0.1) is 0 Å². The molecule has 126 valence electrons. The minimum Gasteiger partial charge on any atom is -0.502 e. The molecule has 0 bridgehead atoms. The third kappa shape index (κ3) is 4.29. The zero-order chi connectivity index (χ0) is 17.5. The minimum atomic E-state index is -0.952. The Labute approximate surface area is 140 Å². The normalized spacial score (nSPS) is 10.8. The van der Waals surface area contributed by atoms with E-state index in [-0.39, 0.29) is 11.3 Å². The molecule has 5 heteroatoms. The van der Waals surface area contributed by atoms with E-state index in [1.165, 1.54) is 0 Å². The lowest BCUT2D eigenvalue weighted by molar-refractivity contribution is 0.0697. The summed E-state index contributed by atoms with van der Waals surface area (Å²) >= 11 is 0. The van der Waals surface area contributed by atoms with Crippen molar-refractivity contribution in [2.75, 3.05) is 13.2 Å². The van der Waals surface area contributed by atoms with Crippen LogP contribution in [-0.4, -0.2) is 29.4 Å². The Morgan fingerprint density at radius 3 is 1.92 bits per heavy atom. The predicted octanol–water partition coefficient (Wildman–Crippen LogP) is 4.06. The fourth-order valence-corrected chi connectivity index (χ4v) is 2.16. The molecule has 0 amide bonds. The van der Waals surface area contributed by atoms with E-state index < -0.39 is 5.97 Å². The van der Waals surface area contributed by atoms with Gasteiger partial charge in [-0.05, 0) is 49.2 Å². The maximum atomic E-state index is 10.9. The van der Waals surface area contributed by atoms with Gasteiger partial charge in [-0.2, -0.15) is 0 Å². The van der Waals surface area contributed by atoms with Crippen LogP contribution in [0.5, 0.6) is 17.2 Å². The van der Waals surface area contributed by atoms with E-state index in [2.05, 4.69) is 0 Å². The number of carboxylic acid groups (broad SMARTS) is 1. The molecule has 0 saturated heterocycles. The smallest absolute Gasteiger partial charge is 0.335 e. The first-order chi connectivity index (χ1) is 11.5. The van der Waals surface area contributed by atoms with Crippen LogP contribution in [0.3, 0.4) is 0 Å². The van der Waals surface area contributed by atoms with Gasteiger partial charge in [-0.1, -0.05) is 24.3 Å². The van der Waals surface area contributed by atoms with Crippen molar-refractivity contribution in [2.24, 2.45) is 0 Å². The number of ether oxygens (including phenoxy) is 2. The summed E-state index contributed by atoms with van der Waals surface area (Å²) in [5.74, 6) is -0.234. The molecule has 0 radical (unpaired) electrons. The molecule has 0 aromatic heterocycles. The van der Waals surface area contributed by atoms with Gasteiger partial charge in [-0.3, -0.25) is 0 Å². The monoisotopic (exact) mass is 328 g/mol. The van der Waals surface area contributed by atoms with Crippen molar-refractivity contribution in [3.63, 3.8) is 0 Å². The quantitative estimate of drug-likeness (QED) is 0.750. The summed E-state index contributed by atoms with van der Waals surface area (Å²) in [5, 5.41) is 19.0. The summed E-state index contributed by atoms with van der Waals surface area (Å²) in [6, 6.07) is 10.0. The van der Waals surface area contributed by atoms with Crippen LogP contribution in [0.15, 0.2) is 36.4 Å². The van der Waals surface area contributed by atoms with Crippen molar-refractivity contribution < 1.29 is 24.5 Å². The number of rotatable bonds is 7. The van der Waals surface area contributed by atoms with Crippen LogP contribution in [0.1, 0.15) is 35.3 Å². The van der Waals surface area contributed by atoms with E-state index in [9.17, 15) is 9.90 Å². The maximum absolute atomic E-state index is 10.9. The summed E-state index contributed by atoms with van der Waals surface area (Å²) in [6.45, 7) is 4.55. The molecule has 0 aliphatic heterocycles. The van der Waals surface area contributed by atoms with E-state index >= 15 is 0 Å². The van der Waals surface area contributed by atoms with Gasteiger partial charge in [0, 0.05) is 0 Å². The van der Waals surface area contributed by atoms with Crippen LogP contribution in [0, 0.1) is 0 Å². The summed E-state index contributed by atoms with van der Waals surface area (Å²) in [4.78, 5) is 10.9. The second-order valence-electron chi connectivity index (χ2n) is 4.99. The van der Waals surface area contributed by atoms with Gasteiger partial charge in [0.1, 0.15) is 0 Å². The number of carbonyl (C=O) groups is 1. The Balaban J connectivity index is 2.28. The number of aromatic hydroxyl groups is 1. The van der Waals surface area contributed by atoms with Crippen molar-refractivity contribution in [1.29, 1.82) is 0 Å². The SMILES string of the molecule is CCOc1cc(/C=C/c2ccc(C(=O)O)cc2)cc(OCC)c1O. The molecule has 5 nitrogen and oxygen atoms in total. The van der Waals surface area contributed by atoms with Gasteiger partial charge in [-0.25, -0.2) is 4.79 Å². The van der Waals surface area contributed by atoms with Gasteiger partial charge in [0.15, 0.2) is 11.5 Å². The first kappa shape index (κ1) is 17.4. The topological polar surface area (TPSA) is 76.0 Å². The zero-order valence-electron chi connectivity index (χ0n) is 13.7. The Morgan fingerprint density at radius 1 is 0.958 bits per heavy atom. The van der Waals surface area contributed by atoms with E-state index in [0.717, 1.165) is 11.1 Å². The van der Waals surface area contributed by atoms with Gasteiger partial charge >= 0.3 is 5.97 Å². The van der Waals surface area contributed by atoms with Gasteiger partial charge in [0.25, 0.3) is 0 Å². The number of carboxylic acids is 1. The van der Waals surface area contributed by atoms with E-state index in [4.69, 9.17) is 14.6 Å². The Hall–Kier alpha value is -2.95. The number of phenols is 1. The van der Waals surface area contributed by atoms with Crippen LogP contribution in [0.2, 0.25) is 0 Å². The average Bonchev–Trinajstić information content (AvgIpc) is 2.57. The molecule has 0 fully saturated rings. The van der Waals surface area contributed by atoms with Crippen LogP contribution < -0.4 is 9.47 Å². The lowest BCUT2D eigenvalue weighted by Crippen LogP contribution is -1.97. The van der Waals surface area contributed by atoms with Gasteiger partial charge in [0.05, 0.1) is 18.8 Å². The lowest BCUT2D eigenvalue weighted by atomic mass is 10.1. The molecule has 24 heavy (non-hydrogen) atoms. The highest BCUT2D eigenvalue weighted by atomic mass is 16.5. The lowest BCUT2D eigenvalue weighted by Gasteiger charge is -2.12. The third-order valence-corrected chi connectivity index (χ3v) is 3.29. The summed E-state index contributed by atoms with van der Waals surface area (Å²) < 4.78 is 10.9. The molecule has 0 saturated carbocycles. The highest BCUT2D eigenvalue weighted by Crippen LogP contribution is 2.38. The fraction of sp³-hybridized carbons (Fsp3) is 0.211. The van der Waals surface area contributed by atoms with Gasteiger partial charge in [0.2, 0.25) is 5.75 Å². The first-order valence-corrected chi connectivity index (χ1v) is 7.69. The van der Waals surface area contributed by atoms with Crippen molar-refractivity contribution in [2.45, 2.75) is 13.8 Å². The fourth-order valence-electron chi connectivity index (χ4n) is 2.16. The predicted molar refractivity (Wildman–Crippen MR) is 92.8 cm³/mol. The van der Waals surface area contributed by atoms with E-state index in [1.807, 2.05) is 26.0 Å². The molecule has 0 atom stereocenters. The van der Waals surface area contributed by atoms with Gasteiger partial charge < -0.3 is 19.7 Å². The molecule has 0 aliphatic carbocycles. The Morgan fingerprint density at radius 2 is 1.46 bits per heavy atom. The Bertz CT molecular complexity index is 705. The average molecular weight is 328 g/mol. The van der Waals surface area contributed by atoms with E-state index in [0.29, 0.717) is 24.7 Å². The number of hydrogen-bond acceptors (Lipinski definition) is 4. The standard InChI is InChI=1S/C19H20O5/c1-3-23-16-11-14(12-17(18(16)20)24-4-2)6-5-13-7-9-15(10-8-13)19(21)22/h5-12,20H,3-4H2,1-2H3,(H,21,22)/b6-5+. The third-order valence-electron chi connectivity index (χ3n) is 3.29. The Kier molecular flexibility index (Phi) is 5.84. The number of benzene rings is 2. The summed E-state index contributed by atoms with van der Waals surface area (Å²) in [6.07, 6.45) is 3.70. The van der Waals surface area contributed by atoms with Crippen molar-refractivity contribution in [1.82, 2.24) is 0 Å². The number of aromatic carboxylic acids is 1. The van der Waals surface area contributed by atoms with Crippen LogP contribution in [0.25, 0.3) is 12.2 Å². The van der Waals surface area contributed by atoms with Crippen LogP contribution in [0.4, 0.5) is 0 Å². The molecule has 0 spiro atoms. The molecule has 0 heterocycles. The molecule has 0 aliphatic rings. The highest BCUT2D eigenvalue weighted by molar-refractivity contribution is 5.88. The first-order valence-electron chi connectivity index (χ1n) is 7.69. The maximum Gasteiger partial charge on any atom is 0.335 e. The molecule has 2 aromatic rings. The van der Waals surface area contributed by atoms with Crippen molar-refractivity contribution >= 4 is 18.1 Å². The molecule has 2 aromatic carbocycles. The van der Waals surface area contributed by atoms with Crippen LogP contribution in [-0.2, 0) is 0 Å². The summed E-state index contributed by atoms with van der Waals surface area (Å²) in [7, 11) is 0. The molecule has 0 unspecified atom stereocenters. The second kappa shape index (κ2) is 8.06. The largest absolute Gasteiger partial charge is 0.502 e. The molecule has 2 rings (SSSR count). The van der Waals surface area contributed by atoms with Crippen molar-refractivity contribution in [3.8, 4) is 17.2 Å². The molecular weight excluding hydrogens is 308 g/mol.